The fourth-order valence-corrected chi connectivity index (χ4v) is 4.36. The van der Waals surface area contributed by atoms with Gasteiger partial charge in [0.05, 0.1) is 18.8 Å². The molecule has 28 heavy (non-hydrogen) atoms. The fraction of sp³-hybridized carbons (Fsp3) is 0.667. The number of rotatable bonds is 7. The van der Waals surface area contributed by atoms with Crippen LogP contribution >= 0.6 is 0 Å². The van der Waals surface area contributed by atoms with Crippen molar-refractivity contribution in [2.24, 2.45) is 5.92 Å². The van der Waals surface area contributed by atoms with E-state index in [2.05, 4.69) is 30.7 Å². The van der Waals surface area contributed by atoms with Crippen molar-refractivity contribution in [3.8, 4) is 0 Å². The standard InChI is InChI=1S/C21H32N4O3/c1-16(2)13-25-20(27)24(14-18-7-5-6-10-22-18)19(26)21(25)8-11-23(12-9-21)17(3)15-28-4/h5-7,10,16-17H,8-9,11-15H2,1-4H3/t17-/m1/s1. The summed E-state index contributed by atoms with van der Waals surface area (Å²) in [6, 6.07) is 5.69. The van der Waals surface area contributed by atoms with Crippen molar-refractivity contribution in [3.05, 3.63) is 30.1 Å². The molecule has 1 atom stereocenters. The first-order valence-corrected chi connectivity index (χ1v) is 10.2. The third-order valence-electron chi connectivity index (χ3n) is 5.87. The first kappa shape index (κ1) is 20.7. The molecule has 2 saturated heterocycles. The summed E-state index contributed by atoms with van der Waals surface area (Å²) in [6.45, 7) is 9.38. The Kier molecular flexibility index (Phi) is 6.35. The minimum absolute atomic E-state index is 0.0668. The number of carbonyl (C=O) groups is 2. The second-order valence-electron chi connectivity index (χ2n) is 8.37. The van der Waals surface area contributed by atoms with Gasteiger partial charge in [-0.05, 0) is 37.8 Å². The van der Waals surface area contributed by atoms with Crippen LogP contribution in [-0.4, -0.2) is 76.6 Å². The van der Waals surface area contributed by atoms with Crippen molar-refractivity contribution in [1.82, 2.24) is 19.7 Å². The van der Waals surface area contributed by atoms with Gasteiger partial charge in [-0.25, -0.2) is 4.79 Å². The molecule has 3 rings (SSSR count). The quantitative estimate of drug-likeness (QED) is 0.671. The van der Waals surface area contributed by atoms with Crippen LogP contribution in [0.3, 0.4) is 0 Å². The number of hydrogen-bond donors (Lipinski definition) is 0. The highest BCUT2D eigenvalue weighted by Gasteiger charge is 2.58. The Morgan fingerprint density at radius 3 is 2.46 bits per heavy atom. The largest absolute Gasteiger partial charge is 0.383 e. The summed E-state index contributed by atoms with van der Waals surface area (Å²) in [7, 11) is 1.71. The molecule has 1 spiro atoms. The summed E-state index contributed by atoms with van der Waals surface area (Å²) >= 11 is 0. The zero-order valence-electron chi connectivity index (χ0n) is 17.4. The van der Waals surface area contributed by atoms with Crippen molar-refractivity contribution in [3.63, 3.8) is 0 Å². The Bertz CT molecular complexity index is 686. The van der Waals surface area contributed by atoms with E-state index in [1.807, 2.05) is 23.1 Å². The van der Waals surface area contributed by atoms with Crippen LogP contribution in [-0.2, 0) is 16.1 Å². The highest BCUT2D eigenvalue weighted by atomic mass is 16.5. The number of likely N-dealkylation sites (tertiary alicyclic amines) is 1. The first-order chi connectivity index (χ1) is 13.4. The molecule has 7 heteroatoms. The van der Waals surface area contributed by atoms with Gasteiger partial charge in [0.15, 0.2) is 0 Å². The zero-order chi connectivity index (χ0) is 20.3. The van der Waals surface area contributed by atoms with Gasteiger partial charge in [0, 0.05) is 39.0 Å². The molecule has 0 aromatic carbocycles. The van der Waals surface area contributed by atoms with E-state index in [1.165, 1.54) is 4.90 Å². The monoisotopic (exact) mass is 388 g/mol. The molecule has 2 aliphatic heterocycles. The van der Waals surface area contributed by atoms with Crippen molar-refractivity contribution in [2.45, 2.75) is 51.7 Å². The van der Waals surface area contributed by atoms with Gasteiger partial charge in [-0.1, -0.05) is 19.9 Å². The maximum absolute atomic E-state index is 13.5. The van der Waals surface area contributed by atoms with Crippen molar-refractivity contribution < 1.29 is 14.3 Å². The number of amides is 3. The van der Waals surface area contributed by atoms with Crippen LogP contribution in [0.4, 0.5) is 4.79 Å². The van der Waals surface area contributed by atoms with Gasteiger partial charge < -0.3 is 9.64 Å². The summed E-state index contributed by atoms with van der Waals surface area (Å²) in [5, 5.41) is 0. The smallest absolute Gasteiger partial charge is 0.328 e. The third kappa shape index (κ3) is 3.91. The van der Waals surface area contributed by atoms with Crippen LogP contribution in [0, 0.1) is 5.92 Å². The third-order valence-corrected chi connectivity index (χ3v) is 5.87. The second kappa shape index (κ2) is 8.57. The number of ether oxygens (including phenoxy) is 1. The summed E-state index contributed by atoms with van der Waals surface area (Å²) in [5.74, 6) is 0.233. The minimum atomic E-state index is -0.723. The van der Waals surface area contributed by atoms with Gasteiger partial charge in [-0.3, -0.25) is 19.6 Å². The van der Waals surface area contributed by atoms with Crippen molar-refractivity contribution >= 4 is 11.9 Å². The molecule has 0 bridgehead atoms. The molecule has 0 aliphatic carbocycles. The summed E-state index contributed by atoms with van der Waals surface area (Å²) in [5.41, 5.74) is 0.0104. The van der Waals surface area contributed by atoms with Crippen LogP contribution in [0.2, 0.25) is 0 Å². The number of piperidine rings is 1. The molecule has 1 aromatic heterocycles. The molecule has 7 nitrogen and oxygen atoms in total. The summed E-state index contributed by atoms with van der Waals surface area (Å²) in [6.07, 6.45) is 3.02. The van der Waals surface area contributed by atoms with Gasteiger partial charge in [-0.2, -0.15) is 0 Å². The van der Waals surface area contributed by atoms with E-state index in [0.29, 0.717) is 38.0 Å². The van der Waals surface area contributed by atoms with Crippen LogP contribution < -0.4 is 0 Å². The molecule has 154 valence electrons. The Morgan fingerprint density at radius 1 is 1.18 bits per heavy atom. The lowest BCUT2D eigenvalue weighted by atomic mass is 9.85. The molecule has 0 radical (unpaired) electrons. The number of carbonyl (C=O) groups excluding carboxylic acids is 2. The van der Waals surface area contributed by atoms with Crippen LogP contribution in [0.1, 0.15) is 39.3 Å². The molecule has 0 N–H and O–H groups in total. The Morgan fingerprint density at radius 2 is 1.89 bits per heavy atom. The van der Waals surface area contributed by atoms with E-state index in [0.717, 1.165) is 18.8 Å². The number of pyridine rings is 1. The predicted molar refractivity (Wildman–Crippen MR) is 107 cm³/mol. The number of hydrogen-bond acceptors (Lipinski definition) is 5. The minimum Gasteiger partial charge on any atom is -0.383 e. The molecule has 3 heterocycles. The molecular weight excluding hydrogens is 356 g/mol. The number of aromatic nitrogens is 1. The Hall–Kier alpha value is -1.99. The van der Waals surface area contributed by atoms with Gasteiger partial charge in [0.25, 0.3) is 5.91 Å². The van der Waals surface area contributed by atoms with Crippen LogP contribution in [0.5, 0.6) is 0 Å². The maximum atomic E-state index is 13.5. The maximum Gasteiger partial charge on any atom is 0.328 e. The average molecular weight is 389 g/mol. The first-order valence-electron chi connectivity index (χ1n) is 10.2. The lowest BCUT2D eigenvalue weighted by Crippen LogP contribution is -2.58. The van der Waals surface area contributed by atoms with Crippen molar-refractivity contribution in [1.29, 1.82) is 0 Å². The van der Waals surface area contributed by atoms with Crippen LogP contribution in [0.15, 0.2) is 24.4 Å². The molecule has 2 fully saturated rings. The zero-order valence-corrected chi connectivity index (χ0v) is 17.4. The van der Waals surface area contributed by atoms with E-state index in [4.69, 9.17) is 4.74 Å². The van der Waals surface area contributed by atoms with E-state index in [1.54, 1.807) is 13.3 Å². The number of methoxy groups -OCH3 is 1. The summed E-state index contributed by atoms with van der Waals surface area (Å²) < 4.78 is 5.28. The lowest BCUT2D eigenvalue weighted by molar-refractivity contribution is -0.136. The highest BCUT2D eigenvalue weighted by molar-refractivity contribution is 6.07. The van der Waals surface area contributed by atoms with Gasteiger partial charge in [0.1, 0.15) is 5.54 Å². The molecule has 1 aromatic rings. The van der Waals surface area contributed by atoms with E-state index < -0.39 is 5.54 Å². The molecule has 2 aliphatic rings. The van der Waals surface area contributed by atoms with E-state index in [-0.39, 0.29) is 18.5 Å². The fourth-order valence-electron chi connectivity index (χ4n) is 4.36. The second-order valence-corrected chi connectivity index (χ2v) is 8.37. The molecular formula is C21H32N4O3. The number of nitrogens with zero attached hydrogens (tertiary/aromatic N) is 4. The Balaban J connectivity index is 1.82. The van der Waals surface area contributed by atoms with E-state index >= 15 is 0 Å². The lowest BCUT2D eigenvalue weighted by Gasteiger charge is -2.44. The van der Waals surface area contributed by atoms with E-state index in [9.17, 15) is 9.59 Å². The molecule has 0 saturated carbocycles. The van der Waals surface area contributed by atoms with Gasteiger partial charge >= 0.3 is 6.03 Å². The number of urea groups is 1. The van der Waals surface area contributed by atoms with Crippen molar-refractivity contribution in [2.75, 3.05) is 33.4 Å². The highest BCUT2D eigenvalue weighted by Crippen LogP contribution is 2.38. The summed E-state index contributed by atoms with van der Waals surface area (Å²) in [4.78, 5) is 36.6. The normalized spacial score (nSPS) is 21.2. The predicted octanol–water partition coefficient (Wildman–Crippen LogP) is 2.37. The van der Waals surface area contributed by atoms with Crippen LogP contribution in [0.25, 0.3) is 0 Å². The average Bonchev–Trinajstić information content (AvgIpc) is 2.86. The molecule has 3 amide bonds. The Labute approximate surface area is 167 Å². The molecule has 0 unspecified atom stereocenters. The SMILES string of the molecule is COC[C@@H](C)N1CCC2(CC1)C(=O)N(Cc1ccccn1)C(=O)N2CC(C)C. The van der Waals surface area contributed by atoms with Gasteiger partial charge in [-0.15, -0.1) is 0 Å². The number of imide groups is 1. The van der Waals surface area contributed by atoms with Gasteiger partial charge in [0.2, 0.25) is 0 Å². The topological polar surface area (TPSA) is 66.0 Å².